The number of Topliss-reactive ketones (excluding diaryl/α,β-unsaturated/α-hetero) is 1. The van der Waals surface area contributed by atoms with Crippen molar-refractivity contribution in [1.82, 2.24) is 15.2 Å². The van der Waals surface area contributed by atoms with Gasteiger partial charge in [-0.1, -0.05) is 22.9 Å². The lowest BCUT2D eigenvalue weighted by atomic mass is 10.2. The average Bonchev–Trinajstić information content (AvgIpc) is 2.77. The first-order valence-electron chi connectivity index (χ1n) is 5.74. The van der Waals surface area contributed by atoms with Crippen LogP contribution in [0.5, 0.6) is 0 Å². The van der Waals surface area contributed by atoms with Crippen molar-refractivity contribution in [3.05, 3.63) is 22.4 Å². The smallest absolute Gasteiger partial charge is 0.190 e. The number of ketones is 1. The highest BCUT2D eigenvalue weighted by atomic mass is 35.5. The van der Waals surface area contributed by atoms with Crippen molar-refractivity contribution in [3.8, 4) is 10.6 Å². The third kappa shape index (κ3) is 3.27. The van der Waals surface area contributed by atoms with Crippen LogP contribution >= 0.6 is 22.9 Å². The lowest BCUT2D eigenvalue weighted by Gasteiger charge is -2.13. The maximum Gasteiger partial charge on any atom is 0.190 e. The van der Waals surface area contributed by atoms with Crippen molar-refractivity contribution in [2.45, 2.75) is 26.8 Å². The number of halogens is 1. The third-order valence-electron chi connectivity index (χ3n) is 2.27. The first-order chi connectivity index (χ1) is 8.97. The van der Waals surface area contributed by atoms with E-state index in [1.165, 1.54) is 18.3 Å². The fourth-order valence-electron chi connectivity index (χ4n) is 1.51. The summed E-state index contributed by atoms with van der Waals surface area (Å²) in [7, 11) is 0. The predicted octanol–water partition coefficient (Wildman–Crippen LogP) is 3.28. The highest BCUT2D eigenvalue weighted by Gasteiger charge is 2.14. The Morgan fingerprint density at radius 3 is 2.74 bits per heavy atom. The number of anilines is 1. The van der Waals surface area contributed by atoms with Crippen LogP contribution in [0.2, 0.25) is 5.15 Å². The molecule has 0 saturated heterocycles. The van der Waals surface area contributed by atoms with E-state index in [0.717, 1.165) is 11.3 Å². The molecule has 0 amide bonds. The molecule has 0 aliphatic carbocycles. The summed E-state index contributed by atoms with van der Waals surface area (Å²) in [5, 5.41) is 12.6. The standard InChI is InChI=1S/C12H13ClN4OS/c1-6(2)15-9-4-10(13)14-5-8(9)12-17-16-11(19-12)7(3)18/h4-6H,1-3H3,(H,14,15). The molecule has 100 valence electrons. The number of carbonyl (C=O) groups is 1. The highest BCUT2D eigenvalue weighted by molar-refractivity contribution is 7.16. The Hall–Kier alpha value is -1.53. The SMILES string of the molecule is CC(=O)c1nnc(-c2cnc(Cl)cc2NC(C)C)s1. The maximum atomic E-state index is 11.3. The maximum absolute atomic E-state index is 11.3. The molecule has 0 spiro atoms. The molecule has 2 aromatic heterocycles. The third-order valence-corrected chi connectivity index (χ3v) is 3.54. The fourth-order valence-corrected chi connectivity index (χ4v) is 2.43. The number of pyridine rings is 1. The summed E-state index contributed by atoms with van der Waals surface area (Å²) in [6.07, 6.45) is 1.64. The topological polar surface area (TPSA) is 67.8 Å². The first kappa shape index (κ1) is 13.9. The van der Waals surface area contributed by atoms with Crippen molar-refractivity contribution in [1.29, 1.82) is 0 Å². The summed E-state index contributed by atoms with van der Waals surface area (Å²) >= 11 is 7.15. The molecule has 0 fully saturated rings. The van der Waals surface area contributed by atoms with Gasteiger partial charge >= 0.3 is 0 Å². The number of nitrogens with one attached hydrogen (secondary N) is 1. The Morgan fingerprint density at radius 1 is 1.42 bits per heavy atom. The van der Waals surface area contributed by atoms with Gasteiger partial charge in [-0.05, 0) is 19.9 Å². The van der Waals surface area contributed by atoms with Crippen molar-refractivity contribution in [2.75, 3.05) is 5.32 Å². The molecule has 0 aliphatic rings. The molecule has 1 N–H and O–H groups in total. The molecule has 0 unspecified atom stereocenters. The van der Waals surface area contributed by atoms with Gasteiger partial charge in [-0.25, -0.2) is 4.98 Å². The number of hydrogen-bond acceptors (Lipinski definition) is 6. The minimum atomic E-state index is -0.0935. The summed E-state index contributed by atoms with van der Waals surface area (Å²) in [5.74, 6) is -0.0935. The Labute approximate surface area is 120 Å². The number of nitrogens with zero attached hydrogens (tertiary/aromatic N) is 3. The van der Waals surface area contributed by atoms with E-state index in [1.54, 1.807) is 12.3 Å². The van der Waals surface area contributed by atoms with Gasteiger partial charge in [-0.15, -0.1) is 10.2 Å². The number of rotatable bonds is 4. The molecule has 7 heteroatoms. The highest BCUT2D eigenvalue weighted by Crippen LogP contribution is 2.31. The van der Waals surface area contributed by atoms with E-state index in [2.05, 4.69) is 20.5 Å². The number of hydrogen-bond donors (Lipinski definition) is 1. The zero-order valence-corrected chi connectivity index (χ0v) is 12.3. The Kier molecular flexibility index (Phi) is 4.11. The summed E-state index contributed by atoms with van der Waals surface area (Å²) < 4.78 is 0. The minimum absolute atomic E-state index is 0.0935. The Bertz CT molecular complexity index is 612. The van der Waals surface area contributed by atoms with Crippen molar-refractivity contribution in [2.24, 2.45) is 0 Å². The molecular formula is C12H13ClN4OS. The predicted molar refractivity (Wildman–Crippen MR) is 76.9 cm³/mol. The van der Waals surface area contributed by atoms with Crippen molar-refractivity contribution < 1.29 is 4.79 Å². The van der Waals surface area contributed by atoms with Crippen LogP contribution in [0.4, 0.5) is 5.69 Å². The van der Waals surface area contributed by atoms with Gasteiger partial charge < -0.3 is 5.32 Å². The van der Waals surface area contributed by atoms with Crippen LogP contribution in [0.1, 0.15) is 30.6 Å². The molecule has 0 saturated carbocycles. The summed E-state index contributed by atoms with van der Waals surface area (Å²) in [4.78, 5) is 15.3. The van der Waals surface area contributed by atoms with Crippen LogP contribution in [-0.4, -0.2) is 27.0 Å². The zero-order valence-electron chi connectivity index (χ0n) is 10.8. The Balaban J connectivity index is 2.45. The van der Waals surface area contributed by atoms with Gasteiger partial charge in [-0.3, -0.25) is 4.79 Å². The number of carbonyl (C=O) groups excluding carboxylic acids is 1. The van der Waals surface area contributed by atoms with Crippen LogP contribution in [0.15, 0.2) is 12.3 Å². The van der Waals surface area contributed by atoms with Gasteiger partial charge in [0.15, 0.2) is 15.8 Å². The molecule has 2 heterocycles. The summed E-state index contributed by atoms with van der Waals surface area (Å²) in [5.41, 5.74) is 1.63. The quantitative estimate of drug-likeness (QED) is 0.693. The molecule has 2 aromatic rings. The van der Waals surface area contributed by atoms with Gasteiger partial charge in [0.2, 0.25) is 0 Å². The van der Waals surface area contributed by atoms with E-state index in [0.29, 0.717) is 15.2 Å². The lowest BCUT2D eigenvalue weighted by Crippen LogP contribution is -2.10. The second kappa shape index (κ2) is 5.63. The van der Waals surface area contributed by atoms with E-state index in [4.69, 9.17) is 11.6 Å². The normalized spacial score (nSPS) is 10.8. The average molecular weight is 297 g/mol. The first-order valence-corrected chi connectivity index (χ1v) is 6.93. The van der Waals surface area contributed by atoms with Crippen LogP contribution < -0.4 is 5.32 Å². The molecular weight excluding hydrogens is 284 g/mol. The molecule has 19 heavy (non-hydrogen) atoms. The van der Waals surface area contributed by atoms with Crippen LogP contribution in [0.25, 0.3) is 10.6 Å². The van der Waals surface area contributed by atoms with Crippen molar-refractivity contribution >= 4 is 34.4 Å². The monoisotopic (exact) mass is 296 g/mol. The second-order valence-electron chi connectivity index (χ2n) is 4.32. The summed E-state index contributed by atoms with van der Waals surface area (Å²) in [6.45, 7) is 5.52. The van der Waals surface area contributed by atoms with Crippen LogP contribution in [-0.2, 0) is 0 Å². The van der Waals surface area contributed by atoms with Crippen molar-refractivity contribution in [3.63, 3.8) is 0 Å². The molecule has 0 bridgehead atoms. The Morgan fingerprint density at radius 2 is 2.16 bits per heavy atom. The number of aromatic nitrogens is 3. The summed E-state index contributed by atoms with van der Waals surface area (Å²) in [6, 6.07) is 1.99. The zero-order chi connectivity index (χ0) is 14.0. The molecule has 0 aliphatic heterocycles. The molecule has 2 rings (SSSR count). The largest absolute Gasteiger partial charge is 0.382 e. The van der Waals surface area contributed by atoms with Gasteiger partial charge in [0.25, 0.3) is 0 Å². The van der Waals surface area contributed by atoms with E-state index in [1.807, 2.05) is 13.8 Å². The molecule has 5 nitrogen and oxygen atoms in total. The van der Waals surface area contributed by atoms with E-state index in [-0.39, 0.29) is 11.8 Å². The van der Waals surface area contributed by atoms with Gasteiger partial charge in [0.1, 0.15) is 5.15 Å². The fraction of sp³-hybridized carbons (Fsp3) is 0.333. The molecule has 0 atom stereocenters. The van der Waals surface area contributed by atoms with Crippen LogP contribution in [0.3, 0.4) is 0 Å². The van der Waals surface area contributed by atoms with E-state index >= 15 is 0 Å². The van der Waals surface area contributed by atoms with Crippen LogP contribution in [0, 0.1) is 0 Å². The van der Waals surface area contributed by atoms with Gasteiger partial charge in [0.05, 0.1) is 5.56 Å². The molecule has 0 radical (unpaired) electrons. The minimum Gasteiger partial charge on any atom is -0.382 e. The second-order valence-corrected chi connectivity index (χ2v) is 5.68. The van der Waals surface area contributed by atoms with Gasteiger partial charge in [-0.2, -0.15) is 0 Å². The molecule has 0 aromatic carbocycles. The van der Waals surface area contributed by atoms with E-state index < -0.39 is 0 Å². The van der Waals surface area contributed by atoms with Gasteiger partial charge in [0, 0.05) is 24.8 Å². The van der Waals surface area contributed by atoms with E-state index in [9.17, 15) is 4.79 Å². The lowest BCUT2D eigenvalue weighted by molar-refractivity contribution is 0.101.